The van der Waals surface area contributed by atoms with Crippen molar-refractivity contribution in [1.29, 1.82) is 0 Å². The largest absolute Gasteiger partial charge is 0.458 e. The average molecular weight is 781 g/mol. The summed E-state index contributed by atoms with van der Waals surface area (Å²) in [7, 11) is 0. The standard InChI is InChI=1S/C38H33F9N4O4/c1-3-28-18-30(29-17-25(36(39,40)41)11-12-31(29)51(28)35(53)54-4-2)50-33(24-14-26(37(42,43)44)16-27(15-24)38(45,46)47)34-48-19-23(20-49-34)10-13-32(52)55-21-22-8-6-5-7-9-22/h5-17,19-20,28,30,33,50H,3-4,18,21H2,1-2H3/t28-,30+,33?/m1/s1. The van der Waals surface area contributed by atoms with E-state index in [9.17, 15) is 49.1 Å². The maximum atomic E-state index is 14.0. The number of alkyl halides is 9. The highest BCUT2D eigenvalue weighted by molar-refractivity contribution is 5.90. The second-order valence-corrected chi connectivity index (χ2v) is 12.4. The third-order valence-corrected chi connectivity index (χ3v) is 8.70. The first-order valence-electron chi connectivity index (χ1n) is 16.8. The van der Waals surface area contributed by atoms with Crippen molar-refractivity contribution in [2.24, 2.45) is 0 Å². The number of nitrogens with one attached hydrogen (secondary N) is 1. The zero-order valence-electron chi connectivity index (χ0n) is 29.1. The number of halogens is 9. The van der Waals surface area contributed by atoms with Gasteiger partial charge in [0.05, 0.1) is 35.0 Å². The molecule has 1 aromatic heterocycles. The third kappa shape index (κ3) is 10.0. The molecule has 0 spiro atoms. The van der Waals surface area contributed by atoms with Crippen molar-refractivity contribution in [2.45, 2.75) is 70.0 Å². The number of amides is 1. The highest BCUT2D eigenvalue weighted by Crippen LogP contribution is 2.44. The van der Waals surface area contributed by atoms with E-state index in [4.69, 9.17) is 9.47 Å². The smallest absolute Gasteiger partial charge is 0.416 e. The lowest BCUT2D eigenvalue weighted by atomic mass is 9.87. The molecular weight excluding hydrogens is 747 g/mol. The van der Waals surface area contributed by atoms with Crippen molar-refractivity contribution < 1.29 is 58.6 Å². The quantitative estimate of drug-likeness (QED) is 0.0973. The molecule has 0 aliphatic carbocycles. The molecule has 1 amide bonds. The van der Waals surface area contributed by atoms with Crippen LogP contribution in [0.2, 0.25) is 0 Å². The van der Waals surface area contributed by atoms with Gasteiger partial charge in [-0.25, -0.2) is 19.6 Å². The minimum absolute atomic E-state index is 0.00127. The Labute approximate surface area is 309 Å². The lowest BCUT2D eigenvalue weighted by Gasteiger charge is -2.41. The molecule has 1 aliphatic rings. The van der Waals surface area contributed by atoms with Crippen LogP contribution in [0.3, 0.4) is 0 Å². The molecule has 1 aliphatic heterocycles. The van der Waals surface area contributed by atoms with Crippen molar-refractivity contribution >= 4 is 23.8 Å². The molecule has 17 heteroatoms. The van der Waals surface area contributed by atoms with Gasteiger partial charge < -0.3 is 9.47 Å². The summed E-state index contributed by atoms with van der Waals surface area (Å²) < 4.78 is 136. The molecule has 0 bridgehead atoms. The Morgan fingerprint density at radius 1 is 0.836 bits per heavy atom. The topological polar surface area (TPSA) is 93.7 Å². The van der Waals surface area contributed by atoms with Crippen LogP contribution < -0.4 is 10.2 Å². The summed E-state index contributed by atoms with van der Waals surface area (Å²) in [5.74, 6) is -1.07. The third-order valence-electron chi connectivity index (χ3n) is 8.70. The molecule has 0 radical (unpaired) electrons. The Hall–Kier alpha value is -5.45. The molecule has 0 saturated carbocycles. The molecule has 1 unspecified atom stereocenters. The van der Waals surface area contributed by atoms with Gasteiger partial charge in [-0.05, 0) is 78.9 Å². The summed E-state index contributed by atoms with van der Waals surface area (Å²) in [6.07, 6.45) is -11.4. The molecule has 4 aromatic rings. The van der Waals surface area contributed by atoms with E-state index in [0.29, 0.717) is 12.1 Å². The van der Waals surface area contributed by atoms with Crippen LogP contribution in [0.4, 0.5) is 50.0 Å². The summed E-state index contributed by atoms with van der Waals surface area (Å²) >= 11 is 0. The van der Waals surface area contributed by atoms with Gasteiger partial charge in [-0.2, -0.15) is 39.5 Å². The van der Waals surface area contributed by atoms with Crippen LogP contribution in [0, 0.1) is 0 Å². The minimum atomic E-state index is -5.22. The molecule has 0 saturated heterocycles. The van der Waals surface area contributed by atoms with E-state index in [0.717, 1.165) is 42.2 Å². The number of carbonyl (C=O) groups is 2. The van der Waals surface area contributed by atoms with Gasteiger partial charge in [-0.1, -0.05) is 37.3 Å². The fraction of sp³-hybridized carbons (Fsp3) is 0.316. The van der Waals surface area contributed by atoms with Crippen molar-refractivity contribution in [1.82, 2.24) is 15.3 Å². The van der Waals surface area contributed by atoms with E-state index in [1.165, 1.54) is 17.9 Å². The molecule has 5 rings (SSSR count). The number of ether oxygens (including phenoxy) is 2. The Morgan fingerprint density at radius 2 is 1.45 bits per heavy atom. The highest BCUT2D eigenvalue weighted by Gasteiger charge is 2.42. The number of aromatic nitrogens is 2. The zero-order valence-corrected chi connectivity index (χ0v) is 29.1. The second kappa shape index (κ2) is 16.5. The van der Waals surface area contributed by atoms with Crippen LogP contribution in [-0.2, 0) is 39.4 Å². The fourth-order valence-electron chi connectivity index (χ4n) is 6.07. The van der Waals surface area contributed by atoms with Gasteiger partial charge in [0, 0.05) is 36.1 Å². The normalized spacial score (nSPS) is 16.8. The number of esters is 1. The second-order valence-electron chi connectivity index (χ2n) is 12.4. The lowest BCUT2D eigenvalue weighted by molar-refractivity contribution is -0.143. The van der Waals surface area contributed by atoms with Gasteiger partial charge >= 0.3 is 30.6 Å². The average Bonchev–Trinajstić information content (AvgIpc) is 3.14. The number of benzene rings is 3. The summed E-state index contributed by atoms with van der Waals surface area (Å²) in [6.45, 7) is 3.15. The van der Waals surface area contributed by atoms with Crippen molar-refractivity contribution in [2.75, 3.05) is 11.5 Å². The van der Waals surface area contributed by atoms with Crippen molar-refractivity contribution in [3.8, 4) is 0 Å². The van der Waals surface area contributed by atoms with E-state index in [-0.39, 0.29) is 54.8 Å². The molecule has 8 nitrogen and oxygen atoms in total. The first-order chi connectivity index (χ1) is 25.9. The van der Waals surface area contributed by atoms with Crippen LogP contribution in [0.5, 0.6) is 0 Å². The zero-order chi connectivity index (χ0) is 40.1. The fourth-order valence-corrected chi connectivity index (χ4v) is 6.07. The Balaban J connectivity index is 1.58. The summed E-state index contributed by atoms with van der Waals surface area (Å²) in [5.41, 5.74) is -4.16. The maximum Gasteiger partial charge on any atom is 0.416 e. The number of hydrogen-bond donors (Lipinski definition) is 1. The number of nitrogens with zero attached hydrogens (tertiary/aromatic N) is 3. The summed E-state index contributed by atoms with van der Waals surface area (Å²) in [4.78, 5) is 34.9. The van der Waals surface area contributed by atoms with E-state index in [1.54, 1.807) is 37.3 Å². The first kappa shape index (κ1) is 40.7. The molecule has 2 heterocycles. The molecule has 55 heavy (non-hydrogen) atoms. The lowest BCUT2D eigenvalue weighted by Crippen LogP contribution is -2.47. The maximum absolute atomic E-state index is 14.0. The predicted molar refractivity (Wildman–Crippen MR) is 181 cm³/mol. The highest BCUT2D eigenvalue weighted by atomic mass is 19.4. The van der Waals surface area contributed by atoms with Gasteiger partial charge in [0.1, 0.15) is 12.4 Å². The molecular formula is C38H33F9N4O4. The van der Waals surface area contributed by atoms with Crippen LogP contribution in [0.15, 0.2) is 85.2 Å². The van der Waals surface area contributed by atoms with Crippen molar-refractivity contribution in [3.05, 3.63) is 130 Å². The van der Waals surface area contributed by atoms with E-state index < -0.39 is 71.0 Å². The van der Waals surface area contributed by atoms with Gasteiger partial charge in [0.15, 0.2) is 0 Å². The van der Waals surface area contributed by atoms with E-state index >= 15 is 0 Å². The molecule has 3 atom stereocenters. The number of carbonyl (C=O) groups excluding carboxylic acids is 2. The Bertz CT molecular complexity index is 1970. The number of fused-ring (bicyclic) bond motifs is 1. The SMILES string of the molecule is CCOC(=O)N1c2ccc(C(F)(F)F)cc2[C@@H](NC(c2cc(C(F)(F)F)cc(C(F)(F)F)c2)c2ncc(C=CC(=O)OCc3ccccc3)cn2)C[C@H]1CC. The first-order valence-corrected chi connectivity index (χ1v) is 16.8. The molecule has 1 N–H and O–H groups in total. The van der Waals surface area contributed by atoms with Crippen molar-refractivity contribution in [3.63, 3.8) is 0 Å². The van der Waals surface area contributed by atoms with Crippen LogP contribution in [-0.4, -0.2) is 34.7 Å². The summed E-state index contributed by atoms with van der Waals surface area (Å²) in [6, 6.07) is 8.71. The summed E-state index contributed by atoms with van der Waals surface area (Å²) in [5, 5.41) is 2.94. The Morgan fingerprint density at radius 3 is 2.02 bits per heavy atom. The Kier molecular flexibility index (Phi) is 12.2. The monoisotopic (exact) mass is 780 g/mol. The van der Waals surface area contributed by atoms with Crippen LogP contribution in [0.1, 0.15) is 83.5 Å². The van der Waals surface area contributed by atoms with Gasteiger partial charge in [-0.15, -0.1) is 0 Å². The molecule has 3 aromatic carbocycles. The van der Waals surface area contributed by atoms with Gasteiger partial charge in [-0.3, -0.25) is 10.2 Å². The molecule has 292 valence electrons. The van der Waals surface area contributed by atoms with E-state index in [2.05, 4.69) is 15.3 Å². The number of hydrogen-bond acceptors (Lipinski definition) is 7. The minimum Gasteiger partial charge on any atom is -0.458 e. The predicted octanol–water partition coefficient (Wildman–Crippen LogP) is 9.86. The van der Waals surface area contributed by atoms with Gasteiger partial charge in [0.2, 0.25) is 0 Å². The van der Waals surface area contributed by atoms with Gasteiger partial charge in [0.25, 0.3) is 0 Å². The van der Waals surface area contributed by atoms with E-state index in [1.807, 2.05) is 0 Å². The van der Waals surface area contributed by atoms with Crippen LogP contribution >= 0.6 is 0 Å². The number of rotatable bonds is 10. The number of anilines is 1. The van der Waals surface area contributed by atoms with Crippen LogP contribution in [0.25, 0.3) is 6.08 Å². The molecule has 0 fully saturated rings.